The SMILES string of the molecule is C=Cc1ccc([Si](O)(O)c2ccc(C=C)cc2)cc1.Cc1ccc([Si](O)(O)c2ccc(C)cc2)cc1.O[Si](O)(c1ccc2ccccc2c1)c1ccc2ccccc2c1.O[Si](O)(c1cccc2ccccc12)c1cccc2ccccc12.O[Si](O)(c1ccccc1)c1ccccc1. The molecule has 0 saturated heterocycles. The molecular formula is C82H76O10Si5. The summed E-state index contributed by atoms with van der Waals surface area (Å²) in [5.74, 6) is 0. The van der Waals surface area contributed by atoms with Gasteiger partial charge in [0.25, 0.3) is 0 Å². The molecule has 0 amide bonds. The summed E-state index contributed by atoms with van der Waals surface area (Å²) in [7, 11) is -18.0. The molecule has 484 valence electrons. The van der Waals surface area contributed by atoms with Crippen LogP contribution in [-0.2, 0) is 0 Å². The van der Waals surface area contributed by atoms with Crippen molar-refractivity contribution in [1.29, 1.82) is 0 Å². The molecule has 97 heavy (non-hydrogen) atoms. The van der Waals surface area contributed by atoms with E-state index in [1.807, 2.05) is 269 Å². The Bertz CT molecular complexity index is 4640. The average Bonchev–Trinajstić information content (AvgIpc) is 0.767. The normalized spacial score (nSPS) is 11.6. The molecule has 0 radical (unpaired) electrons. The van der Waals surface area contributed by atoms with Crippen molar-refractivity contribution in [2.75, 3.05) is 0 Å². The molecule has 0 heterocycles. The molecule has 0 saturated carbocycles. The first-order valence-electron chi connectivity index (χ1n) is 31.5. The summed E-state index contributed by atoms with van der Waals surface area (Å²) in [6.45, 7) is 11.3. The molecular weight excluding hydrogens is 1290 g/mol. The third-order valence-electron chi connectivity index (χ3n) is 17.0. The van der Waals surface area contributed by atoms with Gasteiger partial charge in [0.2, 0.25) is 0 Å². The second-order valence-electron chi connectivity index (χ2n) is 23.7. The third kappa shape index (κ3) is 16.6. The van der Waals surface area contributed by atoms with Crippen LogP contribution in [0.25, 0.3) is 55.2 Å². The second-order valence-corrected chi connectivity index (χ2v) is 36.1. The first-order valence-corrected chi connectivity index (χ1v) is 41.0. The Morgan fingerprint density at radius 2 is 0.464 bits per heavy atom. The van der Waals surface area contributed by atoms with Crippen LogP contribution in [0, 0.1) is 13.8 Å². The monoisotopic (exact) mass is 1360 g/mol. The summed E-state index contributed by atoms with van der Waals surface area (Å²) in [4.78, 5) is 106. The minimum atomic E-state index is -3.78. The highest BCUT2D eigenvalue weighted by molar-refractivity contribution is 6.94. The zero-order valence-electron chi connectivity index (χ0n) is 53.7. The highest BCUT2D eigenvalue weighted by Crippen LogP contribution is 2.20. The van der Waals surface area contributed by atoms with Gasteiger partial charge in [0.05, 0.1) is 0 Å². The largest absolute Gasteiger partial charge is 0.404 e. The predicted octanol–water partition coefficient (Wildman–Crippen LogP) is 7.65. The second kappa shape index (κ2) is 31.0. The van der Waals surface area contributed by atoms with Gasteiger partial charge >= 0.3 is 42.8 Å². The number of benzene rings is 14. The lowest BCUT2D eigenvalue weighted by Crippen LogP contribution is -2.59. The van der Waals surface area contributed by atoms with E-state index in [1.54, 1.807) is 84.9 Å². The van der Waals surface area contributed by atoms with Gasteiger partial charge in [-0.1, -0.05) is 364 Å². The molecule has 10 nitrogen and oxygen atoms in total. The molecule has 14 aromatic carbocycles. The Labute approximate surface area is 571 Å². The lowest BCUT2D eigenvalue weighted by atomic mass is 10.1. The van der Waals surface area contributed by atoms with Crippen LogP contribution in [0.3, 0.4) is 0 Å². The summed E-state index contributed by atoms with van der Waals surface area (Å²) in [6.07, 6.45) is 3.45. The summed E-state index contributed by atoms with van der Waals surface area (Å²) >= 11 is 0. The van der Waals surface area contributed by atoms with Gasteiger partial charge in [-0.15, -0.1) is 0 Å². The molecule has 0 aliphatic heterocycles. The van der Waals surface area contributed by atoms with Crippen molar-refractivity contribution in [2.45, 2.75) is 13.8 Å². The van der Waals surface area contributed by atoms with Crippen LogP contribution in [0.5, 0.6) is 0 Å². The maximum atomic E-state index is 11.1. The molecule has 14 aromatic rings. The minimum absolute atomic E-state index is 0.560. The lowest BCUT2D eigenvalue weighted by Gasteiger charge is -2.22. The fourth-order valence-electron chi connectivity index (χ4n) is 11.3. The van der Waals surface area contributed by atoms with Crippen LogP contribution in [0.15, 0.2) is 341 Å². The Morgan fingerprint density at radius 1 is 0.216 bits per heavy atom. The van der Waals surface area contributed by atoms with Gasteiger partial charge in [-0.05, 0) is 110 Å². The standard InChI is InChI=1S/2C20H16O2Si.C16H16O2Si.C14H16O2Si.C12H12O2Si/c21-23(22,19-13-5-9-15-7-1-3-11-17(15)19)20-14-6-10-16-8-2-4-12-18(16)20;21-23(22,19-11-9-15-5-1-3-7-17(15)13-19)20-12-10-16-6-2-4-8-18(16)14-20;1-3-13-5-9-15(10-6-13)19(17,18)16-11-7-14(4-2)8-12-16;1-11-3-7-13(8-4-11)17(15,16)14-9-5-12(2)6-10-14;13-15(14,11-7-3-1-4-8-11)12-9-5-2-6-10-12/h2*1-14,21-22H;3-12,17-18H,1-2H2;3-10,15-16H,1-2H3;1-10,13-14H. The molecule has 0 unspecified atom stereocenters. The molecule has 0 aliphatic carbocycles. The minimum Gasteiger partial charge on any atom is -0.404 e. The van der Waals surface area contributed by atoms with Crippen molar-refractivity contribution < 1.29 is 48.0 Å². The van der Waals surface area contributed by atoms with Gasteiger partial charge in [-0.3, -0.25) is 0 Å². The van der Waals surface area contributed by atoms with Gasteiger partial charge in [0, 0.05) is 10.4 Å². The molecule has 0 aliphatic rings. The number of hydrogen-bond donors (Lipinski definition) is 10. The van der Waals surface area contributed by atoms with Crippen LogP contribution in [0.4, 0.5) is 0 Å². The maximum Gasteiger partial charge on any atom is 0.402 e. The molecule has 0 atom stereocenters. The number of hydrogen-bond acceptors (Lipinski definition) is 10. The Balaban J connectivity index is 0.000000133. The highest BCUT2D eigenvalue weighted by atomic mass is 28.4. The molecule has 0 bridgehead atoms. The molecule has 14 rings (SSSR count). The topological polar surface area (TPSA) is 202 Å². The number of rotatable bonds is 12. The van der Waals surface area contributed by atoms with E-state index in [2.05, 4.69) is 13.2 Å². The Kier molecular flexibility index (Phi) is 22.4. The maximum absolute atomic E-state index is 11.1. The van der Waals surface area contributed by atoms with Crippen molar-refractivity contribution >= 4 is 150 Å². The smallest absolute Gasteiger partial charge is 0.402 e. The van der Waals surface area contributed by atoms with Crippen LogP contribution in [0.2, 0.25) is 0 Å². The van der Waals surface area contributed by atoms with Gasteiger partial charge in [0.1, 0.15) is 0 Å². The average molecular weight is 1360 g/mol. The first kappa shape index (κ1) is 70.1. The summed E-state index contributed by atoms with van der Waals surface area (Å²) in [5, 5.41) is 14.1. The van der Waals surface area contributed by atoms with Gasteiger partial charge in [-0.25, -0.2) is 0 Å². The van der Waals surface area contributed by atoms with E-state index in [4.69, 9.17) is 0 Å². The zero-order valence-corrected chi connectivity index (χ0v) is 58.7. The van der Waals surface area contributed by atoms with Crippen molar-refractivity contribution in [2.24, 2.45) is 0 Å². The van der Waals surface area contributed by atoms with Crippen molar-refractivity contribution in [3.05, 3.63) is 363 Å². The molecule has 0 spiro atoms. The van der Waals surface area contributed by atoms with Crippen molar-refractivity contribution in [1.82, 2.24) is 0 Å². The summed E-state index contributed by atoms with van der Waals surface area (Å²) < 4.78 is 0. The Morgan fingerprint density at radius 3 is 0.794 bits per heavy atom. The van der Waals surface area contributed by atoms with Crippen molar-refractivity contribution in [3.8, 4) is 0 Å². The van der Waals surface area contributed by atoms with Gasteiger partial charge in [0.15, 0.2) is 0 Å². The van der Waals surface area contributed by atoms with Crippen LogP contribution in [0.1, 0.15) is 22.3 Å². The first-order chi connectivity index (χ1) is 46.6. The summed E-state index contributed by atoms with van der Waals surface area (Å²) in [6, 6.07) is 101. The molecule has 0 aromatic heterocycles. The predicted molar refractivity (Wildman–Crippen MR) is 411 cm³/mol. The number of fused-ring (bicyclic) bond motifs is 4. The van der Waals surface area contributed by atoms with Crippen LogP contribution < -0.4 is 51.9 Å². The van der Waals surface area contributed by atoms with Crippen molar-refractivity contribution in [3.63, 3.8) is 0 Å². The van der Waals surface area contributed by atoms with E-state index < -0.39 is 42.8 Å². The quantitative estimate of drug-likeness (QED) is 0.0542. The van der Waals surface area contributed by atoms with Crippen LogP contribution in [-0.4, -0.2) is 90.8 Å². The zero-order chi connectivity index (χ0) is 68.8. The van der Waals surface area contributed by atoms with Gasteiger partial charge in [-0.2, -0.15) is 0 Å². The van der Waals surface area contributed by atoms with Gasteiger partial charge < -0.3 is 48.0 Å². The third-order valence-corrected chi connectivity index (χ3v) is 28.4. The van der Waals surface area contributed by atoms with E-state index >= 15 is 0 Å². The van der Waals surface area contributed by atoms with E-state index in [-0.39, 0.29) is 0 Å². The lowest BCUT2D eigenvalue weighted by molar-refractivity contribution is 0.400. The molecule has 0 fully saturated rings. The fraction of sp³-hybridized carbons (Fsp3) is 0.0244. The van der Waals surface area contributed by atoms with E-state index in [9.17, 15) is 48.0 Å². The van der Waals surface area contributed by atoms with Crippen LogP contribution >= 0.6 is 0 Å². The molecule has 10 N–H and O–H groups in total. The fourth-order valence-corrected chi connectivity index (χ4v) is 20.0. The van der Waals surface area contributed by atoms with E-state index in [1.165, 1.54) is 0 Å². The molecule has 15 heteroatoms. The summed E-state index contributed by atoms with van der Waals surface area (Å²) in [5.41, 5.74) is 4.14. The number of aryl methyl sites for hydroxylation is 2. The van der Waals surface area contributed by atoms with E-state index in [0.717, 1.165) is 65.3 Å². The van der Waals surface area contributed by atoms with E-state index in [0.29, 0.717) is 51.9 Å². The Hall–Kier alpha value is -9.72. The highest BCUT2D eigenvalue weighted by Gasteiger charge is 2.39.